The van der Waals surface area contributed by atoms with Gasteiger partial charge >= 0.3 is 5.97 Å². The smallest absolute Gasteiger partial charge is 0.359 e. The molecular weight excluding hydrogens is 437 g/mol. The van der Waals surface area contributed by atoms with Gasteiger partial charge < -0.3 is 9.30 Å². The van der Waals surface area contributed by atoms with Crippen molar-refractivity contribution < 1.29 is 18.7 Å². The number of aromatic nitrogens is 3. The Hall–Kier alpha value is -4.07. The topological polar surface area (TPSA) is 83.2 Å². The van der Waals surface area contributed by atoms with Gasteiger partial charge in [-0.05, 0) is 57.5 Å². The molecule has 174 valence electrons. The molecule has 0 aliphatic rings. The second-order valence-corrected chi connectivity index (χ2v) is 8.07. The maximum absolute atomic E-state index is 14.1. The van der Waals surface area contributed by atoms with Gasteiger partial charge in [-0.25, -0.2) is 13.9 Å². The van der Waals surface area contributed by atoms with Crippen molar-refractivity contribution >= 4 is 22.5 Å². The van der Waals surface area contributed by atoms with Gasteiger partial charge in [-0.2, -0.15) is 5.10 Å². The lowest BCUT2D eigenvalue weighted by atomic mass is 10.1. The fourth-order valence-electron chi connectivity index (χ4n) is 4.04. The Morgan fingerprint density at radius 3 is 2.41 bits per heavy atom. The number of benzene rings is 2. The molecule has 0 amide bonds. The Morgan fingerprint density at radius 2 is 1.74 bits per heavy atom. The normalized spacial score (nSPS) is 11.1. The summed E-state index contributed by atoms with van der Waals surface area (Å²) in [6.45, 7) is 6.80. The van der Waals surface area contributed by atoms with Gasteiger partial charge in [-0.3, -0.25) is 9.59 Å². The van der Waals surface area contributed by atoms with E-state index in [2.05, 4.69) is 5.10 Å². The molecular formula is C26H24FN3O4. The molecule has 7 nitrogen and oxygen atoms in total. The van der Waals surface area contributed by atoms with Gasteiger partial charge in [0, 0.05) is 34.6 Å². The van der Waals surface area contributed by atoms with E-state index >= 15 is 0 Å². The van der Waals surface area contributed by atoms with Crippen molar-refractivity contribution in [1.82, 2.24) is 14.3 Å². The lowest BCUT2D eigenvalue weighted by molar-refractivity contribution is 0.0468. The number of Topliss-reactive ketones (excluding diaryl/α,β-unsaturated/α-hetero) is 1. The summed E-state index contributed by atoms with van der Waals surface area (Å²) in [5, 5.41) is 4.86. The second-order valence-electron chi connectivity index (χ2n) is 8.07. The van der Waals surface area contributed by atoms with Crippen LogP contribution in [0.3, 0.4) is 0 Å². The van der Waals surface area contributed by atoms with E-state index in [1.54, 1.807) is 67.8 Å². The Labute approximate surface area is 195 Å². The van der Waals surface area contributed by atoms with Crippen molar-refractivity contribution in [3.63, 3.8) is 0 Å². The number of halogens is 1. The first-order valence-corrected chi connectivity index (χ1v) is 10.9. The summed E-state index contributed by atoms with van der Waals surface area (Å²) in [6, 6.07) is 13.2. The van der Waals surface area contributed by atoms with Gasteiger partial charge in [0.25, 0.3) is 5.56 Å². The zero-order valence-electron chi connectivity index (χ0n) is 19.4. The highest BCUT2D eigenvalue weighted by Crippen LogP contribution is 2.23. The third-order valence-electron chi connectivity index (χ3n) is 5.84. The van der Waals surface area contributed by atoms with Crippen LogP contribution in [-0.4, -0.2) is 32.7 Å². The lowest BCUT2D eigenvalue weighted by Gasteiger charge is -2.11. The molecule has 2 aromatic heterocycles. The van der Waals surface area contributed by atoms with Crippen LogP contribution in [0.1, 0.15) is 44.7 Å². The largest absolute Gasteiger partial charge is 0.452 e. The number of nitrogens with zero attached hydrogens (tertiary/aromatic N) is 3. The maximum atomic E-state index is 14.1. The molecule has 0 bridgehead atoms. The van der Waals surface area contributed by atoms with Crippen molar-refractivity contribution in [2.75, 3.05) is 6.61 Å². The molecule has 0 aliphatic carbocycles. The summed E-state index contributed by atoms with van der Waals surface area (Å²) in [5.41, 5.74) is 2.55. The van der Waals surface area contributed by atoms with Gasteiger partial charge in [-0.1, -0.05) is 24.3 Å². The fraction of sp³-hybridized carbons (Fsp3) is 0.231. The molecule has 0 N–H and O–H groups in total. The van der Waals surface area contributed by atoms with Crippen molar-refractivity contribution in [1.29, 1.82) is 0 Å². The molecule has 0 unspecified atom stereocenters. The van der Waals surface area contributed by atoms with E-state index in [1.165, 1.54) is 10.7 Å². The third-order valence-corrected chi connectivity index (χ3v) is 5.84. The van der Waals surface area contributed by atoms with E-state index < -0.39 is 18.4 Å². The zero-order chi connectivity index (χ0) is 24.6. The number of carbonyl (C=O) groups is 2. The van der Waals surface area contributed by atoms with Crippen LogP contribution >= 0.6 is 0 Å². The number of aryl methyl sites for hydroxylation is 3. The predicted molar refractivity (Wildman–Crippen MR) is 126 cm³/mol. The average Bonchev–Trinajstić information content (AvgIpc) is 3.13. The average molecular weight is 461 g/mol. The standard InChI is InChI=1S/C26H24FN3O4/c1-5-29-25(32)20-9-7-6-8-19(20)24(28-29)26(33)34-14-23(31)21-12-16(3)30(17(21)4)18-11-10-15(2)22(27)13-18/h6-13H,5,14H2,1-4H3. The summed E-state index contributed by atoms with van der Waals surface area (Å²) in [4.78, 5) is 38.2. The van der Waals surface area contributed by atoms with E-state index in [0.29, 0.717) is 33.3 Å². The van der Waals surface area contributed by atoms with Crippen molar-refractivity contribution in [2.45, 2.75) is 34.2 Å². The highest BCUT2D eigenvalue weighted by molar-refractivity contribution is 6.04. The molecule has 4 aromatic rings. The molecule has 0 fully saturated rings. The van der Waals surface area contributed by atoms with Crippen LogP contribution in [0.25, 0.3) is 16.5 Å². The van der Waals surface area contributed by atoms with Crippen LogP contribution in [0.5, 0.6) is 0 Å². The Bertz CT molecular complexity index is 1500. The summed E-state index contributed by atoms with van der Waals surface area (Å²) in [6.07, 6.45) is 0. The fourth-order valence-corrected chi connectivity index (χ4v) is 4.04. The highest BCUT2D eigenvalue weighted by Gasteiger charge is 2.22. The van der Waals surface area contributed by atoms with E-state index in [4.69, 9.17) is 4.74 Å². The SMILES string of the molecule is CCn1nc(C(=O)OCC(=O)c2cc(C)n(-c3ccc(C)c(F)c3)c2C)c2ccccc2c1=O. The second kappa shape index (κ2) is 9.05. The lowest BCUT2D eigenvalue weighted by Crippen LogP contribution is -2.26. The number of hydrogen-bond donors (Lipinski definition) is 0. The molecule has 8 heteroatoms. The molecule has 34 heavy (non-hydrogen) atoms. The number of esters is 1. The highest BCUT2D eigenvalue weighted by atomic mass is 19.1. The van der Waals surface area contributed by atoms with E-state index in [9.17, 15) is 18.8 Å². The first-order chi connectivity index (χ1) is 16.2. The minimum Gasteiger partial charge on any atom is -0.452 e. The first kappa shape index (κ1) is 23.1. The van der Waals surface area contributed by atoms with Crippen LogP contribution in [0, 0.1) is 26.6 Å². The number of ether oxygens (including phenoxy) is 1. The molecule has 0 spiro atoms. The summed E-state index contributed by atoms with van der Waals surface area (Å²) < 4.78 is 22.4. The molecule has 2 heterocycles. The maximum Gasteiger partial charge on any atom is 0.359 e. The van der Waals surface area contributed by atoms with Crippen molar-refractivity contribution in [3.05, 3.63) is 92.9 Å². The monoisotopic (exact) mass is 461 g/mol. The number of hydrogen-bond acceptors (Lipinski definition) is 5. The molecule has 4 rings (SSSR count). The van der Waals surface area contributed by atoms with Crippen molar-refractivity contribution in [2.24, 2.45) is 0 Å². The molecule has 0 saturated heterocycles. The van der Waals surface area contributed by atoms with Gasteiger partial charge in [0.05, 0.1) is 5.39 Å². The van der Waals surface area contributed by atoms with Crippen LogP contribution in [0.2, 0.25) is 0 Å². The number of ketones is 1. The van der Waals surface area contributed by atoms with Crippen LogP contribution in [-0.2, 0) is 11.3 Å². The third kappa shape index (κ3) is 4.03. The van der Waals surface area contributed by atoms with E-state index in [0.717, 1.165) is 5.69 Å². The summed E-state index contributed by atoms with van der Waals surface area (Å²) >= 11 is 0. The minimum atomic E-state index is -0.791. The summed E-state index contributed by atoms with van der Waals surface area (Å²) in [7, 11) is 0. The molecule has 0 radical (unpaired) electrons. The van der Waals surface area contributed by atoms with Gasteiger partial charge in [0.2, 0.25) is 5.78 Å². The van der Waals surface area contributed by atoms with Crippen molar-refractivity contribution in [3.8, 4) is 5.69 Å². The van der Waals surface area contributed by atoms with Gasteiger partial charge in [0.1, 0.15) is 5.82 Å². The molecule has 0 saturated carbocycles. The van der Waals surface area contributed by atoms with Crippen LogP contribution < -0.4 is 5.56 Å². The predicted octanol–water partition coefficient (Wildman–Crippen LogP) is 4.31. The summed E-state index contributed by atoms with van der Waals surface area (Å²) in [5.74, 6) is -1.52. The van der Waals surface area contributed by atoms with Gasteiger partial charge in [0.15, 0.2) is 12.3 Å². The van der Waals surface area contributed by atoms with Gasteiger partial charge in [-0.15, -0.1) is 0 Å². The number of carbonyl (C=O) groups excluding carboxylic acids is 2. The Morgan fingerprint density at radius 1 is 1.03 bits per heavy atom. The number of fused-ring (bicyclic) bond motifs is 1. The van der Waals surface area contributed by atoms with Crippen LogP contribution in [0.15, 0.2) is 53.3 Å². The number of rotatable bonds is 6. The first-order valence-electron chi connectivity index (χ1n) is 10.9. The van der Waals surface area contributed by atoms with E-state index in [-0.39, 0.29) is 23.6 Å². The molecule has 0 aliphatic heterocycles. The Balaban J connectivity index is 1.60. The molecule has 2 aromatic carbocycles. The van der Waals surface area contributed by atoms with Crippen LogP contribution in [0.4, 0.5) is 4.39 Å². The Kier molecular flexibility index (Phi) is 6.15. The van der Waals surface area contributed by atoms with E-state index in [1.807, 2.05) is 6.92 Å². The quantitative estimate of drug-likeness (QED) is 0.316. The minimum absolute atomic E-state index is 0.0227. The zero-order valence-corrected chi connectivity index (χ0v) is 19.4. The molecule has 0 atom stereocenters.